The van der Waals surface area contributed by atoms with Crippen LogP contribution in [0.3, 0.4) is 0 Å². The predicted octanol–water partition coefficient (Wildman–Crippen LogP) is 1.01. The van der Waals surface area contributed by atoms with Gasteiger partial charge in [-0.2, -0.15) is 0 Å². The number of rotatable bonds is 11. The van der Waals surface area contributed by atoms with Crippen molar-refractivity contribution in [3.8, 4) is 5.75 Å². The number of hydrogen-bond donors (Lipinski definition) is 3. The molecular formula is C24H30N4O5. The number of primary amides is 1. The van der Waals surface area contributed by atoms with Crippen LogP contribution in [0, 0.1) is 11.8 Å². The minimum absolute atomic E-state index is 0.0945. The van der Waals surface area contributed by atoms with E-state index in [0.29, 0.717) is 43.2 Å². The quantitative estimate of drug-likeness (QED) is 0.459. The number of hydrogen-bond acceptors (Lipinski definition) is 5. The van der Waals surface area contributed by atoms with E-state index in [9.17, 15) is 19.2 Å². The number of nitrogens with zero attached hydrogens (tertiary/aromatic N) is 1. The molecule has 3 aliphatic rings. The maximum absolute atomic E-state index is 13.2. The van der Waals surface area contributed by atoms with E-state index in [2.05, 4.69) is 10.6 Å². The fraction of sp³-hybridized carbons (Fsp3) is 0.500. The first kappa shape index (κ1) is 22.8. The van der Waals surface area contributed by atoms with Crippen molar-refractivity contribution < 1.29 is 23.9 Å². The molecule has 2 atom stereocenters. The molecule has 176 valence electrons. The van der Waals surface area contributed by atoms with Crippen molar-refractivity contribution in [2.75, 3.05) is 26.7 Å². The molecule has 0 bridgehead atoms. The average Bonchev–Trinajstić information content (AvgIpc) is 3.34. The Hall–Kier alpha value is -3.36. The molecule has 0 spiro atoms. The third-order valence-corrected chi connectivity index (χ3v) is 6.56. The van der Waals surface area contributed by atoms with Crippen molar-refractivity contribution in [1.29, 1.82) is 0 Å². The fourth-order valence-electron chi connectivity index (χ4n) is 4.46. The van der Waals surface area contributed by atoms with Gasteiger partial charge in [-0.1, -0.05) is 25.0 Å². The Bertz CT molecular complexity index is 1000. The molecule has 1 saturated carbocycles. The fourth-order valence-corrected chi connectivity index (χ4v) is 4.46. The van der Waals surface area contributed by atoms with Crippen LogP contribution in [0.1, 0.15) is 36.8 Å². The SMILES string of the molecule is COc1cccc2c1C=C(C(=O)N[C@@H](CC1CC1)C(=O)CC(CN1CCNC1=O)C(N)=O)C2. The molecule has 9 nitrogen and oxygen atoms in total. The van der Waals surface area contributed by atoms with Crippen LogP contribution in [0.25, 0.3) is 6.08 Å². The van der Waals surface area contributed by atoms with E-state index in [1.807, 2.05) is 18.2 Å². The number of urea groups is 1. The number of carbonyl (C=O) groups excluding carboxylic acids is 4. The summed E-state index contributed by atoms with van der Waals surface area (Å²) in [6, 6.07) is 4.73. The molecule has 1 heterocycles. The zero-order valence-electron chi connectivity index (χ0n) is 18.8. The minimum Gasteiger partial charge on any atom is -0.496 e. The zero-order chi connectivity index (χ0) is 23.5. The van der Waals surface area contributed by atoms with E-state index in [1.165, 1.54) is 4.90 Å². The first-order valence-corrected chi connectivity index (χ1v) is 11.4. The Morgan fingerprint density at radius 3 is 2.73 bits per heavy atom. The number of ketones is 1. The van der Waals surface area contributed by atoms with Crippen molar-refractivity contribution in [3.63, 3.8) is 0 Å². The summed E-state index contributed by atoms with van der Waals surface area (Å²) >= 11 is 0. The van der Waals surface area contributed by atoms with Crippen LogP contribution in [0.4, 0.5) is 4.79 Å². The first-order chi connectivity index (χ1) is 15.9. The Morgan fingerprint density at radius 1 is 1.30 bits per heavy atom. The molecule has 1 unspecified atom stereocenters. The van der Waals surface area contributed by atoms with Gasteiger partial charge in [-0.25, -0.2) is 4.79 Å². The van der Waals surface area contributed by atoms with Crippen LogP contribution in [0.15, 0.2) is 23.8 Å². The molecule has 1 aliphatic heterocycles. The monoisotopic (exact) mass is 454 g/mol. The summed E-state index contributed by atoms with van der Waals surface area (Å²) in [6.07, 6.45) is 4.76. The van der Waals surface area contributed by atoms with Crippen LogP contribution in [-0.2, 0) is 20.8 Å². The summed E-state index contributed by atoms with van der Waals surface area (Å²) in [7, 11) is 1.59. The second-order valence-electron chi connectivity index (χ2n) is 9.03. The third-order valence-electron chi connectivity index (χ3n) is 6.56. The number of carbonyl (C=O) groups is 4. The highest BCUT2D eigenvalue weighted by atomic mass is 16.5. The summed E-state index contributed by atoms with van der Waals surface area (Å²) in [6.45, 7) is 1.06. The number of methoxy groups -OCH3 is 1. The topological polar surface area (TPSA) is 131 Å². The standard InChI is InChI=1S/C24H30N4O5/c1-33-21-4-2-3-15-10-16(11-18(15)21)23(31)27-19(9-14-5-6-14)20(29)12-17(22(25)30)13-28-8-7-26-24(28)32/h2-4,11,14,17,19H,5-10,12-13H2,1H3,(H2,25,30)(H,26,32)(H,27,31)/t17?,19-/m0/s1. The molecule has 0 radical (unpaired) electrons. The highest BCUT2D eigenvalue weighted by molar-refractivity contribution is 6.03. The average molecular weight is 455 g/mol. The molecule has 1 saturated heterocycles. The Balaban J connectivity index is 1.43. The lowest BCUT2D eigenvalue weighted by Crippen LogP contribution is -2.45. The van der Waals surface area contributed by atoms with Crippen LogP contribution >= 0.6 is 0 Å². The molecular weight excluding hydrogens is 424 g/mol. The highest BCUT2D eigenvalue weighted by Gasteiger charge is 2.34. The number of benzene rings is 1. The van der Waals surface area contributed by atoms with E-state index in [1.54, 1.807) is 13.2 Å². The predicted molar refractivity (Wildman–Crippen MR) is 121 cm³/mol. The summed E-state index contributed by atoms with van der Waals surface area (Å²) in [5.74, 6) is -0.837. The van der Waals surface area contributed by atoms with Gasteiger partial charge in [-0.3, -0.25) is 14.4 Å². The number of Topliss-reactive ketones (excluding diaryl/α,β-unsaturated/α-hetero) is 1. The second-order valence-corrected chi connectivity index (χ2v) is 9.03. The maximum Gasteiger partial charge on any atom is 0.317 e. The Labute approximate surface area is 192 Å². The number of fused-ring (bicyclic) bond motifs is 1. The van der Waals surface area contributed by atoms with Gasteiger partial charge in [0.15, 0.2) is 5.78 Å². The molecule has 1 aromatic rings. The van der Waals surface area contributed by atoms with Crippen LogP contribution in [0.5, 0.6) is 5.75 Å². The highest BCUT2D eigenvalue weighted by Crippen LogP contribution is 2.35. The molecule has 9 heteroatoms. The van der Waals surface area contributed by atoms with E-state index < -0.39 is 17.9 Å². The largest absolute Gasteiger partial charge is 0.496 e. The van der Waals surface area contributed by atoms with Gasteiger partial charge in [0, 0.05) is 43.6 Å². The van der Waals surface area contributed by atoms with Crippen LogP contribution in [0.2, 0.25) is 0 Å². The maximum atomic E-state index is 13.2. The molecule has 33 heavy (non-hydrogen) atoms. The lowest BCUT2D eigenvalue weighted by molar-refractivity contribution is -0.130. The van der Waals surface area contributed by atoms with E-state index >= 15 is 0 Å². The lowest BCUT2D eigenvalue weighted by Gasteiger charge is -2.23. The number of amides is 4. The lowest BCUT2D eigenvalue weighted by atomic mass is 9.94. The van der Waals surface area contributed by atoms with Gasteiger partial charge in [0.05, 0.1) is 19.1 Å². The van der Waals surface area contributed by atoms with Gasteiger partial charge in [0.1, 0.15) is 5.75 Å². The molecule has 4 amide bonds. The van der Waals surface area contributed by atoms with Crippen LogP contribution < -0.4 is 21.1 Å². The van der Waals surface area contributed by atoms with E-state index in [4.69, 9.17) is 10.5 Å². The minimum atomic E-state index is -0.792. The zero-order valence-corrected chi connectivity index (χ0v) is 18.8. The van der Waals surface area contributed by atoms with Gasteiger partial charge >= 0.3 is 6.03 Å². The van der Waals surface area contributed by atoms with Crippen molar-refractivity contribution in [2.45, 2.75) is 38.1 Å². The second kappa shape index (κ2) is 9.64. The van der Waals surface area contributed by atoms with Gasteiger partial charge in [0.25, 0.3) is 0 Å². The molecule has 2 aliphatic carbocycles. The molecule has 0 aromatic heterocycles. The van der Waals surface area contributed by atoms with E-state index in [0.717, 1.165) is 24.0 Å². The molecule has 4 rings (SSSR count). The van der Waals surface area contributed by atoms with Gasteiger partial charge in [-0.15, -0.1) is 0 Å². The molecule has 1 aromatic carbocycles. The molecule has 4 N–H and O–H groups in total. The first-order valence-electron chi connectivity index (χ1n) is 11.4. The number of nitrogens with one attached hydrogen (secondary N) is 2. The van der Waals surface area contributed by atoms with Crippen molar-refractivity contribution in [3.05, 3.63) is 34.9 Å². The number of nitrogens with two attached hydrogens (primary N) is 1. The summed E-state index contributed by atoms with van der Waals surface area (Å²) in [5.41, 5.74) is 8.00. The van der Waals surface area contributed by atoms with E-state index in [-0.39, 0.29) is 30.7 Å². The van der Waals surface area contributed by atoms with Crippen molar-refractivity contribution in [2.24, 2.45) is 17.6 Å². The summed E-state index contributed by atoms with van der Waals surface area (Å²) < 4.78 is 5.39. The van der Waals surface area contributed by atoms with Crippen molar-refractivity contribution in [1.82, 2.24) is 15.5 Å². The van der Waals surface area contributed by atoms with Crippen molar-refractivity contribution >= 4 is 29.7 Å². The summed E-state index contributed by atoms with van der Waals surface area (Å²) in [5, 5.41) is 5.58. The Morgan fingerprint density at radius 2 is 2.09 bits per heavy atom. The smallest absolute Gasteiger partial charge is 0.317 e. The van der Waals surface area contributed by atoms with Gasteiger partial charge in [-0.05, 0) is 30.0 Å². The summed E-state index contributed by atoms with van der Waals surface area (Å²) in [4.78, 5) is 51.6. The Kier molecular flexibility index (Phi) is 6.67. The van der Waals surface area contributed by atoms with Gasteiger partial charge in [0.2, 0.25) is 11.8 Å². The van der Waals surface area contributed by atoms with Crippen LogP contribution in [-0.4, -0.2) is 61.3 Å². The normalized spacial score (nSPS) is 18.8. The number of ether oxygens (including phenoxy) is 1. The molecule has 2 fully saturated rings. The van der Waals surface area contributed by atoms with Gasteiger partial charge < -0.3 is 26.0 Å². The third kappa shape index (κ3) is 5.35.